The number of fused-ring (bicyclic) bond motifs is 1. The highest BCUT2D eigenvalue weighted by Crippen LogP contribution is 2.38. The van der Waals surface area contributed by atoms with Crippen molar-refractivity contribution >= 4 is 63.3 Å². The van der Waals surface area contributed by atoms with E-state index in [1.165, 1.54) is 18.5 Å². The Kier molecular flexibility index (Phi) is 6.22. The van der Waals surface area contributed by atoms with Crippen LogP contribution in [0.3, 0.4) is 0 Å². The first-order chi connectivity index (χ1) is 16.8. The molecule has 0 bridgehead atoms. The number of piperazine rings is 1. The van der Waals surface area contributed by atoms with Crippen LogP contribution >= 0.6 is 34.8 Å². The Morgan fingerprint density at radius 1 is 0.943 bits per heavy atom. The van der Waals surface area contributed by atoms with Gasteiger partial charge in [0.15, 0.2) is 5.76 Å². The quantitative estimate of drug-likeness (QED) is 0.244. The molecule has 4 aromatic rings. The number of amides is 1. The summed E-state index contributed by atoms with van der Waals surface area (Å²) in [6.07, 6.45) is 1.48. The van der Waals surface area contributed by atoms with Gasteiger partial charge in [-0.25, -0.2) is 9.97 Å². The Labute approximate surface area is 214 Å². The fourth-order valence-corrected chi connectivity index (χ4v) is 4.82. The number of carbonyl (C=O) groups is 1. The Balaban J connectivity index is 1.38. The van der Waals surface area contributed by atoms with Crippen LogP contribution < -0.4 is 4.90 Å². The van der Waals surface area contributed by atoms with Gasteiger partial charge in [0.25, 0.3) is 5.91 Å². The van der Waals surface area contributed by atoms with E-state index in [4.69, 9.17) is 39.2 Å². The molecule has 1 saturated heterocycles. The zero-order valence-corrected chi connectivity index (χ0v) is 20.2. The molecule has 1 fully saturated rings. The molecule has 0 radical (unpaired) electrons. The fraction of sp³-hybridized carbons (Fsp3) is 0.174. The fourth-order valence-electron chi connectivity index (χ4n) is 4.05. The number of hydrogen-bond acceptors (Lipinski definition) is 7. The molecular formula is C23H16Cl3N5O4. The molecule has 0 unspecified atom stereocenters. The van der Waals surface area contributed by atoms with E-state index in [0.717, 1.165) is 16.5 Å². The number of aromatic nitrogens is 2. The molecular weight excluding hydrogens is 517 g/mol. The molecule has 0 atom stereocenters. The SMILES string of the molecule is O=C(c1ccc([N+](=O)[O-])o1)N1CCN(c2ncnc3cc(-c4ccc(Cl)cc4Cl)c(Cl)cc23)CC1. The van der Waals surface area contributed by atoms with Crippen LogP contribution in [0.15, 0.2) is 53.2 Å². The van der Waals surface area contributed by atoms with E-state index in [2.05, 4.69) is 9.97 Å². The number of carbonyl (C=O) groups excluding carboxylic acids is 1. The van der Waals surface area contributed by atoms with Crippen molar-refractivity contribution in [1.29, 1.82) is 0 Å². The summed E-state index contributed by atoms with van der Waals surface area (Å²) in [4.78, 5) is 35.4. The summed E-state index contributed by atoms with van der Waals surface area (Å²) < 4.78 is 5.05. The number of anilines is 1. The molecule has 2 aromatic heterocycles. The van der Waals surface area contributed by atoms with Gasteiger partial charge in [-0.05, 0) is 30.3 Å². The summed E-state index contributed by atoms with van der Waals surface area (Å²) >= 11 is 19.0. The van der Waals surface area contributed by atoms with Gasteiger partial charge in [0.2, 0.25) is 0 Å². The smallest absolute Gasteiger partial charge is 0.395 e. The van der Waals surface area contributed by atoms with Gasteiger partial charge >= 0.3 is 5.88 Å². The summed E-state index contributed by atoms with van der Waals surface area (Å²) in [5.74, 6) is -0.211. The van der Waals surface area contributed by atoms with Gasteiger partial charge in [-0.1, -0.05) is 40.9 Å². The van der Waals surface area contributed by atoms with E-state index in [9.17, 15) is 14.9 Å². The number of rotatable bonds is 4. The van der Waals surface area contributed by atoms with Gasteiger partial charge in [-0.2, -0.15) is 0 Å². The van der Waals surface area contributed by atoms with E-state index < -0.39 is 16.7 Å². The van der Waals surface area contributed by atoms with Crippen LogP contribution in [0.25, 0.3) is 22.0 Å². The van der Waals surface area contributed by atoms with Crippen LogP contribution in [0.5, 0.6) is 0 Å². The summed E-state index contributed by atoms with van der Waals surface area (Å²) in [7, 11) is 0. The predicted molar refractivity (Wildman–Crippen MR) is 133 cm³/mol. The van der Waals surface area contributed by atoms with Crippen LogP contribution in [0, 0.1) is 10.1 Å². The Morgan fingerprint density at radius 2 is 1.69 bits per heavy atom. The second kappa shape index (κ2) is 9.33. The van der Waals surface area contributed by atoms with Gasteiger partial charge in [0.05, 0.1) is 11.6 Å². The predicted octanol–water partition coefficient (Wildman–Crippen LogP) is 5.72. The van der Waals surface area contributed by atoms with Crippen LogP contribution in [-0.4, -0.2) is 51.9 Å². The topological polar surface area (TPSA) is 106 Å². The monoisotopic (exact) mass is 531 g/mol. The molecule has 2 aromatic carbocycles. The lowest BCUT2D eigenvalue weighted by molar-refractivity contribution is -0.402. The Hall–Kier alpha value is -3.40. The van der Waals surface area contributed by atoms with E-state index in [1.54, 1.807) is 17.0 Å². The van der Waals surface area contributed by atoms with Crippen LogP contribution in [0.4, 0.5) is 11.7 Å². The number of furan rings is 1. The average Bonchev–Trinajstić information content (AvgIpc) is 3.34. The minimum Gasteiger partial charge on any atom is -0.395 e. The molecule has 9 nitrogen and oxygen atoms in total. The first-order valence-electron chi connectivity index (χ1n) is 10.5. The van der Waals surface area contributed by atoms with Crippen LogP contribution in [0.2, 0.25) is 15.1 Å². The maximum absolute atomic E-state index is 12.7. The zero-order chi connectivity index (χ0) is 24.7. The van der Waals surface area contributed by atoms with Crippen molar-refractivity contribution in [2.24, 2.45) is 0 Å². The first kappa shape index (κ1) is 23.3. The van der Waals surface area contributed by atoms with Crippen molar-refractivity contribution in [2.45, 2.75) is 0 Å². The van der Waals surface area contributed by atoms with Crippen molar-refractivity contribution in [3.8, 4) is 11.1 Å². The molecule has 5 rings (SSSR count). The van der Waals surface area contributed by atoms with Crippen molar-refractivity contribution < 1.29 is 14.1 Å². The van der Waals surface area contributed by atoms with Gasteiger partial charge in [0.1, 0.15) is 17.1 Å². The number of benzene rings is 2. The van der Waals surface area contributed by atoms with E-state index in [1.807, 2.05) is 23.1 Å². The summed E-state index contributed by atoms with van der Waals surface area (Å²) in [6.45, 7) is 1.79. The third-order valence-corrected chi connectivity index (χ3v) is 6.63. The van der Waals surface area contributed by atoms with Gasteiger partial charge in [-0.15, -0.1) is 0 Å². The van der Waals surface area contributed by atoms with Crippen molar-refractivity contribution in [1.82, 2.24) is 14.9 Å². The maximum Gasteiger partial charge on any atom is 0.433 e. The van der Waals surface area contributed by atoms with E-state index in [0.29, 0.717) is 52.6 Å². The molecule has 35 heavy (non-hydrogen) atoms. The number of hydrogen-bond donors (Lipinski definition) is 0. The molecule has 3 heterocycles. The molecule has 1 aliphatic rings. The Morgan fingerprint density at radius 3 is 2.37 bits per heavy atom. The molecule has 0 saturated carbocycles. The second-order valence-electron chi connectivity index (χ2n) is 7.84. The average molecular weight is 533 g/mol. The van der Waals surface area contributed by atoms with Gasteiger partial charge in [0, 0.05) is 57.8 Å². The van der Waals surface area contributed by atoms with Gasteiger partial charge < -0.3 is 14.2 Å². The Bertz CT molecular complexity index is 1470. The standard InChI is InChI=1S/C23H16Cl3N5O4/c24-13-1-2-14(17(25)9-13)15-11-19-16(10-18(15)26)22(28-12-27-19)29-5-7-30(8-6-29)23(32)20-3-4-21(35-20)31(33)34/h1-4,9-12H,5-8H2. The summed E-state index contributed by atoms with van der Waals surface area (Å²) in [5.41, 5.74) is 2.17. The summed E-state index contributed by atoms with van der Waals surface area (Å²) in [6, 6.07) is 11.4. The second-order valence-corrected chi connectivity index (χ2v) is 9.10. The normalized spacial score (nSPS) is 13.9. The molecule has 1 amide bonds. The third kappa shape index (κ3) is 4.50. The third-order valence-electron chi connectivity index (χ3n) is 5.77. The first-order valence-corrected chi connectivity index (χ1v) is 11.6. The van der Waals surface area contributed by atoms with Crippen LogP contribution in [-0.2, 0) is 0 Å². The largest absolute Gasteiger partial charge is 0.433 e. The molecule has 0 spiro atoms. The number of nitrogens with zero attached hydrogens (tertiary/aromatic N) is 5. The van der Waals surface area contributed by atoms with E-state index in [-0.39, 0.29) is 5.76 Å². The molecule has 0 N–H and O–H groups in total. The lowest BCUT2D eigenvalue weighted by Gasteiger charge is -2.35. The van der Waals surface area contributed by atoms with E-state index >= 15 is 0 Å². The lowest BCUT2D eigenvalue weighted by atomic mass is 10.0. The molecule has 0 aliphatic carbocycles. The minimum absolute atomic E-state index is 0.0576. The maximum atomic E-state index is 12.7. The van der Waals surface area contributed by atoms with Crippen molar-refractivity contribution in [3.63, 3.8) is 0 Å². The zero-order valence-electron chi connectivity index (χ0n) is 18.0. The molecule has 12 heteroatoms. The highest BCUT2D eigenvalue weighted by Gasteiger charge is 2.27. The molecule has 178 valence electrons. The van der Waals surface area contributed by atoms with Crippen LogP contribution in [0.1, 0.15) is 10.6 Å². The lowest BCUT2D eigenvalue weighted by Crippen LogP contribution is -2.49. The van der Waals surface area contributed by atoms with Crippen molar-refractivity contribution in [2.75, 3.05) is 31.1 Å². The van der Waals surface area contributed by atoms with Gasteiger partial charge in [-0.3, -0.25) is 14.9 Å². The van der Waals surface area contributed by atoms with Crippen molar-refractivity contribution in [3.05, 3.63) is 79.7 Å². The minimum atomic E-state index is -0.674. The number of nitro groups is 1. The highest BCUT2D eigenvalue weighted by atomic mass is 35.5. The number of halogens is 3. The molecule has 1 aliphatic heterocycles. The summed E-state index contributed by atoms with van der Waals surface area (Å²) in [5, 5.41) is 13.1. The highest BCUT2D eigenvalue weighted by molar-refractivity contribution is 6.38.